The second-order valence-corrected chi connectivity index (χ2v) is 16.4. The van der Waals surface area contributed by atoms with Gasteiger partial charge in [-0.05, 0) is 25.7 Å². The van der Waals surface area contributed by atoms with Crippen LogP contribution >= 0.6 is 25.3 Å². The Balaban J connectivity index is 6.11. The monoisotopic (exact) mass is 1110 g/mol. The average Bonchev–Trinajstić information content (AvgIpc) is 3.34. The van der Waals surface area contributed by atoms with Gasteiger partial charge < -0.3 is 102 Å². The van der Waals surface area contributed by atoms with E-state index in [1.54, 1.807) is 0 Å². The number of carbonyl (C=O) groups is 13. The summed E-state index contributed by atoms with van der Waals surface area (Å²) in [6.45, 7) is -2.89. The summed E-state index contributed by atoms with van der Waals surface area (Å²) in [5.41, 5.74) is 21.5. The summed E-state index contributed by atoms with van der Waals surface area (Å²) in [5, 5.41) is 63.2. The Hall–Kier alpha value is -7.73. The molecule has 34 nitrogen and oxygen atoms in total. The molecule has 23 N–H and O–H groups in total. The first-order chi connectivity index (χ1) is 35.2. The third kappa shape index (κ3) is 28.3. The van der Waals surface area contributed by atoms with Gasteiger partial charge in [0.2, 0.25) is 65.0 Å². The number of hydrogen-bond acceptors (Lipinski definition) is 19. The number of carboxylic acids is 2. The molecule has 0 aliphatic rings. The van der Waals surface area contributed by atoms with Crippen LogP contribution in [0.3, 0.4) is 0 Å². The number of nitrogens with two attached hydrogens (primary N) is 4. The molecule has 36 heteroatoms. The van der Waals surface area contributed by atoms with Gasteiger partial charge in [0, 0.05) is 38.6 Å². The Morgan fingerprint density at radius 1 is 0.493 bits per heavy atom. The maximum Gasteiger partial charge on any atom is 0.305 e. The van der Waals surface area contributed by atoms with Crippen LogP contribution in [0.2, 0.25) is 0 Å². The number of aliphatic carboxylic acids is 2. The number of guanidine groups is 2. The number of aliphatic imine (C=N–C) groups is 2. The average molecular weight is 1110 g/mol. The molecule has 75 heavy (non-hydrogen) atoms. The van der Waals surface area contributed by atoms with E-state index >= 15 is 0 Å². The van der Waals surface area contributed by atoms with Gasteiger partial charge in [0.1, 0.15) is 48.3 Å². The molecule has 0 aliphatic carbocycles. The molecular weight excluding hydrogens is 1040 g/mol. The minimum absolute atomic E-state index is 0.0303. The van der Waals surface area contributed by atoms with Gasteiger partial charge in [-0.1, -0.05) is 0 Å². The van der Waals surface area contributed by atoms with E-state index in [2.05, 4.69) is 77.8 Å². The summed E-state index contributed by atoms with van der Waals surface area (Å²) in [6, 6.07) is -13.0. The van der Waals surface area contributed by atoms with Crippen molar-refractivity contribution in [3.05, 3.63) is 0 Å². The van der Waals surface area contributed by atoms with Crippen molar-refractivity contribution in [2.24, 2.45) is 32.9 Å². The summed E-state index contributed by atoms with van der Waals surface area (Å²) in [6.07, 6.45) is -2.34. The zero-order valence-corrected chi connectivity index (χ0v) is 42.5. The quantitative estimate of drug-likeness (QED) is 0.0120. The normalized spacial score (nSPS) is 14.1. The molecule has 0 aromatic heterocycles. The van der Waals surface area contributed by atoms with Crippen molar-refractivity contribution in [3.8, 4) is 0 Å². The number of aliphatic hydroxyl groups excluding tert-OH is 2. The zero-order chi connectivity index (χ0) is 57.4. The molecule has 422 valence electrons. The molecule has 8 atom stereocenters. The lowest BCUT2D eigenvalue weighted by molar-refractivity contribution is -0.141. The van der Waals surface area contributed by atoms with Crippen LogP contribution in [-0.2, 0) is 62.3 Å². The number of nitrogens with zero attached hydrogens (tertiary/aromatic N) is 2. The van der Waals surface area contributed by atoms with E-state index in [1.807, 2.05) is 16.0 Å². The Morgan fingerprint density at radius 2 is 0.880 bits per heavy atom. The smallest absolute Gasteiger partial charge is 0.305 e. The first-order valence-electron chi connectivity index (χ1n) is 22.3. The second-order valence-electron chi connectivity index (χ2n) is 15.7. The maximum atomic E-state index is 13.4. The number of carboxylic acid groups (broad SMARTS) is 2. The third-order valence-electron chi connectivity index (χ3n) is 9.69. The lowest BCUT2D eigenvalue weighted by atomic mass is 10.1. The number of thiol groups is 2. The molecule has 0 saturated heterocycles. The molecule has 0 aromatic rings. The third-order valence-corrected chi connectivity index (χ3v) is 10.4. The highest BCUT2D eigenvalue weighted by atomic mass is 32.1. The Labute approximate surface area is 438 Å². The van der Waals surface area contributed by atoms with Crippen LogP contribution < -0.4 is 81.4 Å². The molecule has 11 amide bonds. The molecule has 0 fully saturated rings. The van der Waals surface area contributed by atoms with Gasteiger partial charge in [-0.3, -0.25) is 72.3 Å². The number of carbonyl (C=O) groups excluding carboxylic acids is 11. The molecule has 0 spiro atoms. The standard InChI is InChI=1S/C39H67N17O17S2/c1-17(59)49-25(16-75)37(73)53-19(6-4-8-46-39(43)44-2)32(68)48-12-27(61)50-20(9-28(62)63)33(69)54-22(13-57)35(71)52-18(5-3-7-45-38(41)42)31(67)47-11-26(60)51-21(10-29(64)65)34(70)55-23(14-58)36(72)56-24(15-74)30(40)66/h18-25,57-58,74-75H,3-16H2,1-2H3,(H2,40,66)(H,47,67)(H,48,68)(H,49,59)(H,50,61)(H,51,60)(H,52,71)(H,53,73)(H,54,69)(H,55,70)(H,56,72)(H,62,63)(H,64,65)(H4,41,42,45)(H3,43,44,46)/t18-,19-,20-,21-,22-,23-,24-,25-/m0/s1. The molecule has 0 radical (unpaired) electrons. The summed E-state index contributed by atoms with van der Waals surface area (Å²) in [4.78, 5) is 172. The van der Waals surface area contributed by atoms with Crippen LogP contribution in [0.4, 0.5) is 0 Å². The van der Waals surface area contributed by atoms with E-state index in [9.17, 15) is 82.8 Å². The van der Waals surface area contributed by atoms with E-state index in [4.69, 9.17) is 22.9 Å². The fourth-order valence-electron chi connectivity index (χ4n) is 5.88. The van der Waals surface area contributed by atoms with Crippen LogP contribution in [0.1, 0.15) is 45.4 Å². The fourth-order valence-corrected chi connectivity index (χ4v) is 6.41. The van der Waals surface area contributed by atoms with Crippen molar-refractivity contribution < 1.29 is 82.8 Å². The summed E-state index contributed by atoms with van der Waals surface area (Å²) in [7, 11) is 1.42. The Morgan fingerprint density at radius 3 is 1.24 bits per heavy atom. The predicted octanol–water partition coefficient (Wildman–Crippen LogP) is -11.2. The van der Waals surface area contributed by atoms with Crippen molar-refractivity contribution in [3.63, 3.8) is 0 Å². The van der Waals surface area contributed by atoms with Crippen LogP contribution in [0.25, 0.3) is 0 Å². The van der Waals surface area contributed by atoms with Gasteiger partial charge in [-0.25, -0.2) is 0 Å². The lowest BCUT2D eigenvalue weighted by Crippen LogP contribution is -2.59. The number of primary amides is 1. The van der Waals surface area contributed by atoms with E-state index in [0.29, 0.717) is 0 Å². The molecule has 0 heterocycles. The fraction of sp³-hybridized carbons (Fsp3) is 0.615. The molecule has 0 aliphatic heterocycles. The Bertz CT molecular complexity index is 2100. The van der Waals surface area contributed by atoms with Crippen molar-refractivity contribution >= 4 is 114 Å². The number of hydrogen-bond donors (Lipinski definition) is 21. The molecule has 0 aromatic carbocycles. The van der Waals surface area contributed by atoms with E-state index < -0.39 is 164 Å². The van der Waals surface area contributed by atoms with Gasteiger partial charge in [-0.15, -0.1) is 0 Å². The van der Waals surface area contributed by atoms with Crippen molar-refractivity contribution in [2.75, 3.05) is 57.9 Å². The highest BCUT2D eigenvalue weighted by molar-refractivity contribution is 7.80. The minimum atomic E-state index is -1.96. The second kappa shape index (κ2) is 36.2. The maximum absolute atomic E-state index is 13.4. The van der Waals surface area contributed by atoms with Crippen LogP contribution in [0.15, 0.2) is 9.98 Å². The first kappa shape index (κ1) is 67.3. The summed E-state index contributed by atoms with van der Waals surface area (Å²) < 4.78 is 0. The molecular formula is C39H67N17O17S2. The van der Waals surface area contributed by atoms with Gasteiger partial charge in [-0.2, -0.15) is 25.3 Å². The number of nitrogens with one attached hydrogen (secondary N) is 11. The first-order valence-corrected chi connectivity index (χ1v) is 23.6. The van der Waals surface area contributed by atoms with Gasteiger partial charge >= 0.3 is 11.9 Å². The Kier molecular flexibility index (Phi) is 32.5. The van der Waals surface area contributed by atoms with Crippen molar-refractivity contribution in [1.82, 2.24) is 58.5 Å². The molecule has 0 saturated carbocycles. The number of amides is 11. The SMILES string of the molecule is CN=C(N)NCCC[C@H](NC(=O)[C@H](CS)NC(C)=O)C(=O)NCC(=O)N[C@@H](CC(=O)O)C(=O)N[C@@H](CO)C(=O)N[C@@H](CCCN=C(N)N)C(=O)NCC(=O)N[C@@H](CC(=O)O)C(=O)N[C@@H](CO)C(=O)N[C@@H](CS)C(N)=O. The zero-order valence-electron chi connectivity index (χ0n) is 40.7. The molecule has 0 unspecified atom stereocenters. The van der Waals surface area contributed by atoms with Gasteiger partial charge in [0.25, 0.3) is 0 Å². The minimum Gasteiger partial charge on any atom is -0.481 e. The van der Waals surface area contributed by atoms with Crippen molar-refractivity contribution in [1.29, 1.82) is 0 Å². The highest BCUT2D eigenvalue weighted by Crippen LogP contribution is 2.04. The molecule has 0 bridgehead atoms. The van der Waals surface area contributed by atoms with Gasteiger partial charge in [0.05, 0.1) is 39.1 Å². The summed E-state index contributed by atoms with van der Waals surface area (Å²) in [5.74, 6) is -15.7. The van der Waals surface area contributed by atoms with Crippen LogP contribution in [0, 0.1) is 0 Å². The van der Waals surface area contributed by atoms with Crippen molar-refractivity contribution in [2.45, 2.75) is 93.8 Å². The van der Waals surface area contributed by atoms with Crippen LogP contribution in [-0.4, -0.2) is 216 Å². The number of rotatable bonds is 36. The van der Waals surface area contributed by atoms with Crippen LogP contribution in [0.5, 0.6) is 0 Å². The van der Waals surface area contributed by atoms with E-state index in [-0.39, 0.29) is 62.2 Å². The van der Waals surface area contributed by atoms with Gasteiger partial charge in [0.15, 0.2) is 11.9 Å². The van der Waals surface area contributed by atoms with E-state index in [1.165, 1.54) is 7.05 Å². The lowest BCUT2D eigenvalue weighted by Gasteiger charge is -2.24. The highest BCUT2D eigenvalue weighted by Gasteiger charge is 2.33. The topological polar surface area (TPSA) is 564 Å². The molecule has 0 rings (SSSR count). The van der Waals surface area contributed by atoms with E-state index in [0.717, 1.165) is 6.92 Å². The predicted molar refractivity (Wildman–Crippen MR) is 267 cm³/mol. The summed E-state index contributed by atoms with van der Waals surface area (Å²) >= 11 is 7.90. The number of aliphatic hydroxyl groups is 2. The largest absolute Gasteiger partial charge is 0.481 e.